The molecule has 1 aromatic rings. The predicted octanol–water partition coefficient (Wildman–Crippen LogP) is 2.84. The van der Waals surface area contributed by atoms with E-state index in [4.69, 9.17) is 0 Å². The van der Waals surface area contributed by atoms with Crippen LogP contribution in [0, 0.1) is 0 Å². The summed E-state index contributed by atoms with van der Waals surface area (Å²) in [5.41, 5.74) is 2.94. The average molecular weight is 349 g/mol. The molecular weight excluding hydrogens is 326 g/mol. The normalized spacial score (nSPS) is 16.9. The van der Waals surface area contributed by atoms with Crippen molar-refractivity contribution in [3.63, 3.8) is 0 Å². The van der Waals surface area contributed by atoms with Crippen LogP contribution in [-0.4, -0.2) is 40.7 Å². The van der Waals surface area contributed by atoms with Crippen molar-refractivity contribution in [3.8, 4) is 0 Å². The SMILES string of the molecule is CC1=C(C(=O)Nc2ccc(C(=O)N=S(C)(=O)N(C)C)cc2)CCC1. The van der Waals surface area contributed by atoms with Crippen LogP contribution in [0.3, 0.4) is 0 Å². The summed E-state index contributed by atoms with van der Waals surface area (Å²) in [6.07, 6.45) is 4.21. The van der Waals surface area contributed by atoms with E-state index >= 15 is 0 Å². The molecular formula is C17H23N3O3S. The average Bonchev–Trinajstić information content (AvgIpc) is 2.93. The van der Waals surface area contributed by atoms with Crippen LogP contribution in [0.25, 0.3) is 0 Å². The number of anilines is 1. The molecule has 2 rings (SSSR count). The fourth-order valence-electron chi connectivity index (χ4n) is 2.39. The van der Waals surface area contributed by atoms with Crippen molar-refractivity contribution in [2.45, 2.75) is 26.2 Å². The number of rotatable bonds is 4. The number of benzene rings is 1. The van der Waals surface area contributed by atoms with Crippen molar-refractivity contribution in [3.05, 3.63) is 41.0 Å². The highest BCUT2D eigenvalue weighted by Gasteiger charge is 2.18. The van der Waals surface area contributed by atoms with Crippen molar-refractivity contribution >= 4 is 27.4 Å². The predicted molar refractivity (Wildman–Crippen MR) is 96.1 cm³/mol. The first-order valence-electron chi connectivity index (χ1n) is 7.74. The lowest BCUT2D eigenvalue weighted by atomic mass is 10.1. The van der Waals surface area contributed by atoms with E-state index in [1.165, 1.54) is 10.6 Å². The van der Waals surface area contributed by atoms with Gasteiger partial charge in [-0.05, 0) is 50.5 Å². The zero-order valence-corrected chi connectivity index (χ0v) is 15.3. The molecule has 130 valence electrons. The molecule has 24 heavy (non-hydrogen) atoms. The first kappa shape index (κ1) is 18.4. The van der Waals surface area contributed by atoms with Crippen molar-refractivity contribution < 1.29 is 13.8 Å². The summed E-state index contributed by atoms with van der Waals surface area (Å²) in [6, 6.07) is 6.45. The Kier molecular flexibility index (Phi) is 5.56. The molecule has 1 unspecified atom stereocenters. The summed E-state index contributed by atoms with van der Waals surface area (Å²) in [6.45, 7) is 1.98. The van der Waals surface area contributed by atoms with Gasteiger partial charge in [-0.15, -0.1) is 4.36 Å². The number of hydrogen-bond donors (Lipinski definition) is 1. The van der Waals surface area contributed by atoms with Gasteiger partial charge in [-0.2, -0.15) is 0 Å². The van der Waals surface area contributed by atoms with Gasteiger partial charge in [0.2, 0.25) is 0 Å². The van der Waals surface area contributed by atoms with E-state index in [1.54, 1.807) is 38.4 Å². The molecule has 0 fully saturated rings. The Balaban J connectivity index is 2.11. The minimum Gasteiger partial charge on any atom is -0.322 e. The van der Waals surface area contributed by atoms with Crippen LogP contribution in [0.2, 0.25) is 0 Å². The maximum Gasteiger partial charge on any atom is 0.286 e. The molecule has 0 aliphatic heterocycles. The smallest absolute Gasteiger partial charge is 0.286 e. The van der Waals surface area contributed by atoms with Gasteiger partial charge in [0.15, 0.2) is 0 Å². The summed E-state index contributed by atoms with van der Waals surface area (Å²) in [7, 11) is 0.508. The zero-order chi connectivity index (χ0) is 17.9. The highest BCUT2D eigenvalue weighted by molar-refractivity contribution is 7.90. The minimum atomic E-state index is -2.71. The quantitative estimate of drug-likeness (QED) is 0.908. The lowest BCUT2D eigenvalue weighted by molar-refractivity contribution is -0.113. The van der Waals surface area contributed by atoms with E-state index in [1.807, 2.05) is 6.92 Å². The fourth-order valence-corrected chi connectivity index (χ4v) is 2.97. The highest BCUT2D eigenvalue weighted by atomic mass is 32.2. The molecule has 2 amide bonds. The van der Waals surface area contributed by atoms with E-state index < -0.39 is 15.8 Å². The third-order valence-electron chi connectivity index (χ3n) is 4.09. The Labute approximate surface area is 143 Å². The second kappa shape index (κ2) is 7.27. The Morgan fingerprint density at radius 2 is 1.79 bits per heavy atom. The lowest BCUT2D eigenvalue weighted by Gasteiger charge is -2.11. The van der Waals surface area contributed by atoms with Gasteiger partial charge in [-0.25, -0.2) is 8.51 Å². The number of allylic oxidation sites excluding steroid dienone is 1. The van der Waals surface area contributed by atoms with E-state index in [2.05, 4.69) is 9.68 Å². The Hall–Kier alpha value is -1.99. The van der Waals surface area contributed by atoms with E-state index in [9.17, 15) is 13.8 Å². The van der Waals surface area contributed by atoms with Crippen molar-refractivity contribution in [2.75, 3.05) is 25.7 Å². The fraction of sp³-hybridized carbons (Fsp3) is 0.412. The van der Waals surface area contributed by atoms with Crippen LogP contribution in [0.1, 0.15) is 36.5 Å². The topological polar surface area (TPSA) is 78.8 Å². The Morgan fingerprint density at radius 3 is 2.29 bits per heavy atom. The molecule has 0 saturated carbocycles. The molecule has 6 nitrogen and oxygen atoms in total. The van der Waals surface area contributed by atoms with E-state index in [-0.39, 0.29) is 5.91 Å². The van der Waals surface area contributed by atoms with Gasteiger partial charge in [-0.3, -0.25) is 9.59 Å². The maximum absolute atomic E-state index is 12.2. The molecule has 1 atom stereocenters. The molecule has 1 aliphatic carbocycles. The molecule has 0 bridgehead atoms. The second-order valence-electron chi connectivity index (χ2n) is 6.12. The Bertz CT molecular complexity index is 801. The van der Waals surface area contributed by atoms with Gasteiger partial charge < -0.3 is 5.32 Å². The second-order valence-corrected chi connectivity index (χ2v) is 8.55. The number of carbonyl (C=O) groups excluding carboxylic acids is 2. The lowest BCUT2D eigenvalue weighted by Crippen LogP contribution is -2.21. The number of nitrogens with one attached hydrogen (secondary N) is 1. The third kappa shape index (κ3) is 4.30. The van der Waals surface area contributed by atoms with Crippen molar-refractivity contribution in [2.24, 2.45) is 4.36 Å². The molecule has 0 spiro atoms. The standard InChI is InChI=1S/C17H23N3O3S/c1-12-6-5-7-15(12)17(22)18-14-10-8-13(9-11-14)16(21)19-24(4,23)20(2)3/h8-11H,5-7H2,1-4H3,(H,18,22). The van der Waals surface area contributed by atoms with Gasteiger partial charge in [-0.1, -0.05) is 5.57 Å². The summed E-state index contributed by atoms with van der Waals surface area (Å²) < 4.78 is 17.3. The minimum absolute atomic E-state index is 0.0852. The largest absolute Gasteiger partial charge is 0.322 e. The first-order chi connectivity index (χ1) is 11.2. The van der Waals surface area contributed by atoms with Crippen LogP contribution in [-0.2, 0) is 14.7 Å². The number of amides is 2. The summed E-state index contributed by atoms with van der Waals surface area (Å²) >= 11 is 0. The molecule has 0 radical (unpaired) electrons. The first-order valence-corrected chi connectivity index (χ1v) is 9.62. The number of carbonyl (C=O) groups is 2. The van der Waals surface area contributed by atoms with Crippen LogP contribution in [0.5, 0.6) is 0 Å². The number of hydrogen-bond acceptors (Lipinski definition) is 3. The summed E-state index contributed by atoms with van der Waals surface area (Å²) in [4.78, 5) is 24.3. The molecule has 1 aromatic carbocycles. The van der Waals surface area contributed by atoms with Crippen LogP contribution in [0.15, 0.2) is 39.8 Å². The van der Waals surface area contributed by atoms with E-state index in [0.717, 1.165) is 30.4 Å². The van der Waals surface area contributed by atoms with Gasteiger partial charge in [0, 0.05) is 37.2 Å². The Morgan fingerprint density at radius 1 is 1.17 bits per heavy atom. The number of nitrogens with zero attached hydrogens (tertiary/aromatic N) is 2. The van der Waals surface area contributed by atoms with Gasteiger partial charge >= 0.3 is 0 Å². The maximum atomic E-state index is 12.2. The van der Waals surface area contributed by atoms with Crippen LogP contribution < -0.4 is 5.32 Å². The summed E-state index contributed by atoms with van der Waals surface area (Å²) in [5, 5.41) is 2.84. The molecule has 0 saturated heterocycles. The van der Waals surface area contributed by atoms with Crippen molar-refractivity contribution in [1.29, 1.82) is 0 Å². The van der Waals surface area contributed by atoms with Gasteiger partial charge in [0.1, 0.15) is 9.92 Å². The van der Waals surface area contributed by atoms with Crippen LogP contribution in [0.4, 0.5) is 5.69 Å². The highest BCUT2D eigenvalue weighted by Crippen LogP contribution is 2.26. The van der Waals surface area contributed by atoms with Gasteiger partial charge in [0.05, 0.1) is 0 Å². The molecule has 0 aromatic heterocycles. The molecule has 0 heterocycles. The third-order valence-corrected chi connectivity index (χ3v) is 5.95. The molecule has 7 heteroatoms. The van der Waals surface area contributed by atoms with Gasteiger partial charge in [0.25, 0.3) is 11.8 Å². The zero-order valence-electron chi connectivity index (χ0n) is 14.5. The van der Waals surface area contributed by atoms with Crippen molar-refractivity contribution in [1.82, 2.24) is 4.31 Å². The van der Waals surface area contributed by atoms with Crippen LogP contribution >= 0.6 is 0 Å². The molecule has 1 N–H and O–H groups in total. The monoisotopic (exact) mass is 349 g/mol. The molecule has 1 aliphatic rings. The van der Waals surface area contributed by atoms with E-state index in [0.29, 0.717) is 11.3 Å². The summed E-state index contributed by atoms with van der Waals surface area (Å²) in [5.74, 6) is -0.624.